The van der Waals surface area contributed by atoms with Crippen LogP contribution in [-0.4, -0.2) is 46.1 Å². The molecule has 0 heterocycles. The van der Waals surface area contributed by atoms with Crippen LogP contribution in [0.1, 0.15) is 5.71 Å². The fraction of sp³-hybridized carbons (Fsp3) is 0. The molecular formula is H4Mg2YZnZr. The number of hydrogen-bond acceptors (Lipinski definition) is 0. The summed E-state index contributed by atoms with van der Waals surface area (Å²) in [7, 11) is 0. The maximum Gasteiger partial charge on any atom is 2.00 e. The summed E-state index contributed by atoms with van der Waals surface area (Å²) in [6.07, 6.45) is 0. The predicted octanol–water partition coefficient (Wildman–Crippen LogP) is -0.319. The van der Waals surface area contributed by atoms with E-state index >= 15 is 0 Å². The van der Waals surface area contributed by atoms with Gasteiger partial charge in [0.1, 0.15) is 0 Å². The largest absolute Gasteiger partial charge is 2.00 e. The second-order valence-electron chi connectivity index (χ2n) is 0. The summed E-state index contributed by atoms with van der Waals surface area (Å²) in [4.78, 5) is 0. The van der Waals surface area contributed by atoms with E-state index in [1.165, 1.54) is 0 Å². The molecule has 0 saturated carbocycles. The molecule has 0 atom stereocenters. The molecule has 0 rings (SSSR count). The molecule has 0 aliphatic heterocycles. The number of hydrogen-bond donors (Lipinski definition) is 0. The van der Waals surface area contributed by atoms with Crippen LogP contribution in [-0.2, 0) is 78.4 Å². The Balaban J connectivity index is 0. The van der Waals surface area contributed by atoms with Crippen molar-refractivity contribution < 1.29 is 84.1 Å². The Kier molecular flexibility index (Phi) is 171. The molecule has 0 bridgehead atoms. The van der Waals surface area contributed by atoms with E-state index in [1.807, 2.05) is 0 Å². The van der Waals surface area contributed by atoms with Crippen LogP contribution in [0.3, 0.4) is 0 Å². The molecule has 5 heteroatoms. The number of rotatable bonds is 0. The van der Waals surface area contributed by atoms with Crippen LogP contribution in [0.25, 0.3) is 0 Å². The molecule has 0 aromatic carbocycles. The fourth-order valence-electron chi connectivity index (χ4n) is 0. The van der Waals surface area contributed by atoms with Gasteiger partial charge < -0.3 is 5.71 Å². The molecule has 0 amide bonds. The Labute approximate surface area is 127 Å². The van der Waals surface area contributed by atoms with Gasteiger partial charge in [-0.15, -0.1) is 0 Å². The van der Waals surface area contributed by atoms with E-state index in [1.54, 1.807) is 0 Å². The SMILES string of the molecule is [H-].[H-].[H-].[H-].[Mg+2].[Mg+2].[Y].[Zn].[Zr]. The summed E-state index contributed by atoms with van der Waals surface area (Å²) >= 11 is 0. The van der Waals surface area contributed by atoms with Crippen LogP contribution in [0.2, 0.25) is 0 Å². The molecule has 0 spiro atoms. The minimum Gasteiger partial charge on any atom is -1.00 e. The van der Waals surface area contributed by atoms with Crippen LogP contribution in [0.4, 0.5) is 0 Å². The molecule has 17 valence electrons. The van der Waals surface area contributed by atoms with Crippen molar-refractivity contribution in [3.8, 4) is 0 Å². The average Bonchev–Trinajstić information content (AvgIpc) is 0. The maximum atomic E-state index is 0. The van der Waals surface area contributed by atoms with Crippen molar-refractivity contribution in [2.75, 3.05) is 0 Å². The molecule has 0 aliphatic carbocycles. The second kappa shape index (κ2) is 24.2. The van der Waals surface area contributed by atoms with Gasteiger partial charge in [0.05, 0.1) is 0 Å². The molecule has 0 nitrogen and oxygen atoms in total. The van der Waals surface area contributed by atoms with Crippen LogP contribution in [0.15, 0.2) is 0 Å². The van der Waals surface area contributed by atoms with Gasteiger partial charge in [0, 0.05) is 78.4 Å². The Bertz CT molecular complexity index is 18.5. The van der Waals surface area contributed by atoms with Crippen molar-refractivity contribution in [1.29, 1.82) is 0 Å². The third-order valence-corrected chi connectivity index (χ3v) is 0. The predicted molar refractivity (Wildman–Crippen MR) is 16.0 cm³/mol. The van der Waals surface area contributed by atoms with Gasteiger partial charge in [0.2, 0.25) is 0 Å². The van der Waals surface area contributed by atoms with E-state index < -0.39 is 0 Å². The van der Waals surface area contributed by atoms with E-state index in [0.717, 1.165) is 0 Å². The Morgan fingerprint density at radius 1 is 1.00 bits per heavy atom. The molecule has 0 aromatic rings. The first-order valence-electron chi connectivity index (χ1n) is 0. The van der Waals surface area contributed by atoms with Gasteiger partial charge in [-0.2, -0.15) is 0 Å². The Hall–Kier alpha value is 4.14. The Morgan fingerprint density at radius 2 is 1.00 bits per heavy atom. The first-order valence-corrected chi connectivity index (χ1v) is 0. The quantitative estimate of drug-likeness (QED) is 0.538. The van der Waals surface area contributed by atoms with Crippen molar-refractivity contribution in [2.45, 2.75) is 0 Å². The molecule has 0 fully saturated rings. The van der Waals surface area contributed by atoms with Gasteiger partial charge in [-0.05, 0) is 0 Å². The molecule has 0 unspecified atom stereocenters. The molecule has 5 heavy (non-hydrogen) atoms. The molecule has 0 N–H and O–H groups in total. The molecule has 0 aliphatic rings. The minimum atomic E-state index is 0. The molecule has 0 saturated heterocycles. The van der Waals surface area contributed by atoms with Crippen molar-refractivity contribution in [2.24, 2.45) is 0 Å². The summed E-state index contributed by atoms with van der Waals surface area (Å²) in [5.41, 5.74) is 0. The minimum absolute atomic E-state index is 0. The van der Waals surface area contributed by atoms with Gasteiger partial charge in [0.15, 0.2) is 0 Å². The zero-order chi connectivity index (χ0) is 0. The zero-order valence-electron chi connectivity index (χ0n) is 7.20. The van der Waals surface area contributed by atoms with Gasteiger partial charge in [-0.3, -0.25) is 0 Å². The maximum absolute atomic E-state index is 0. The fourth-order valence-corrected chi connectivity index (χ4v) is 0. The van der Waals surface area contributed by atoms with Gasteiger partial charge in [-0.1, -0.05) is 0 Å². The van der Waals surface area contributed by atoms with Crippen molar-refractivity contribution >= 4 is 46.1 Å². The van der Waals surface area contributed by atoms with Crippen LogP contribution >= 0.6 is 0 Å². The van der Waals surface area contributed by atoms with Crippen LogP contribution < -0.4 is 0 Å². The van der Waals surface area contributed by atoms with E-state index in [4.69, 9.17) is 0 Å². The standard InChI is InChI=1S/2Mg.Y.Zn.Zr.4H/q2*+2;;;;4*-1. The summed E-state index contributed by atoms with van der Waals surface area (Å²) in [6, 6.07) is 0. The Morgan fingerprint density at radius 3 is 1.00 bits per heavy atom. The zero-order valence-corrected chi connectivity index (χ0v) is 14.3. The summed E-state index contributed by atoms with van der Waals surface area (Å²) < 4.78 is 0. The summed E-state index contributed by atoms with van der Waals surface area (Å²) in [6.45, 7) is 0. The van der Waals surface area contributed by atoms with Gasteiger partial charge in [0.25, 0.3) is 0 Å². The monoisotopic (exact) mass is 295 g/mol. The van der Waals surface area contributed by atoms with Crippen molar-refractivity contribution in [3.63, 3.8) is 0 Å². The third-order valence-electron chi connectivity index (χ3n) is 0. The third kappa shape index (κ3) is 17.9. The average molecular weight is 298 g/mol. The van der Waals surface area contributed by atoms with Gasteiger partial charge in [-0.25, -0.2) is 0 Å². The second-order valence-corrected chi connectivity index (χ2v) is 0. The van der Waals surface area contributed by atoms with Crippen LogP contribution in [0, 0.1) is 0 Å². The van der Waals surface area contributed by atoms with E-state index in [9.17, 15) is 0 Å². The van der Waals surface area contributed by atoms with Crippen molar-refractivity contribution in [3.05, 3.63) is 0 Å². The summed E-state index contributed by atoms with van der Waals surface area (Å²) in [5, 5.41) is 0. The molecular weight excluding hydrogens is 294 g/mol. The summed E-state index contributed by atoms with van der Waals surface area (Å²) in [5.74, 6) is 0. The van der Waals surface area contributed by atoms with E-state index in [-0.39, 0.29) is 130 Å². The first-order chi connectivity index (χ1) is 0. The smallest absolute Gasteiger partial charge is 1.00 e. The van der Waals surface area contributed by atoms with Crippen LogP contribution in [0.5, 0.6) is 0 Å². The molecule has 0 aromatic heterocycles. The van der Waals surface area contributed by atoms with Gasteiger partial charge >= 0.3 is 46.1 Å². The van der Waals surface area contributed by atoms with E-state index in [2.05, 4.69) is 0 Å². The first kappa shape index (κ1) is 35.3. The molecule has 1 radical (unpaired) electrons. The topological polar surface area (TPSA) is 0 Å². The van der Waals surface area contributed by atoms with Crippen molar-refractivity contribution in [1.82, 2.24) is 0 Å². The van der Waals surface area contributed by atoms with E-state index in [0.29, 0.717) is 0 Å². The normalized spacial score (nSPS) is 0.